The van der Waals surface area contributed by atoms with E-state index in [1.807, 2.05) is 13.0 Å². The number of aliphatic hydroxyl groups excluding tert-OH is 1. The van der Waals surface area contributed by atoms with Crippen LogP contribution in [0.25, 0.3) is 0 Å². The van der Waals surface area contributed by atoms with Gasteiger partial charge in [-0.1, -0.05) is 31.8 Å². The van der Waals surface area contributed by atoms with Gasteiger partial charge in [-0.05, 0) is 43.4 Å². The summed E-state index contributed by atoms with van der Waals surface area (Å²) in [5.41, 5.74) is 0. The summed E-state index contributed by atoms with van der Waals surface area (Å²) in [5, 5.41) is 10.4. The van der Waals surface area contributed by atoms with Gasteiger partial charge in [-0.3, -0.25) is 9.59 Å². The van der Waals surface area contributed by atoms with Crippen LogP contribution in [0.3, 0.4) is 0 Å². The molecule has 0 fully saturated rings. The highest BCUT2D eigenvalue weighted by Crippen LogP contribution is 2.16. The van der Waals surface area contributed by atoms with Crippen molar-refractivity contribution in [1.82, 2.24) is 0 Å². The summed E-state index contributed by atoms with van der Waals surface area (Å²) < 4.78 is 10.4. The van der Waals surface area contributed by atoms with E-state index in [-0.39, 0.29) is 0 Å². The smallest absolute Gasteiger partial charge is 0.304 e. The minimum Gasteiger partial charge on any atom is -0.455 e. The predicted molar refractivity (Wildman–Crippen MR) is 101 cm³/mol. The molecule has 0 aromatic carbocycles. The van der Waals surface area contributed by atoms with Gasteiger partial charge >= 0.3 is 11.9 Å². The Morgan fingerprint density at radius 2 is 1.81 bits per heavy atom. The Morgan fingerprint density at radius 3 is 2.38 bits per heavy atom. The number of esters is 2. The molecule has 26 heavy (non-hydrogen) atoms. The standard InChI is InChI=1S/C21H30O5/c1-5-7-9-11-13-15-19(24)21(26-18(4)23)20(25-17(3)22)16-14-12-10-8-6-2/h5,19-21,24H,1,6-9,11,13,15H2,2-4H3. The van der Waals surface area contributed by atoms with E-state index < -0.39 is 30.3 Å². The van der Waals surface area contributed by atoms with Crippen LogP contribution < -0.4 is 0 Å². The van der Waals surface area contributed by atoms with Crippen molar-refractivity contribution in [2.45, 2.75) is 84.0 Å². The highest BCUT2D eigenvalue weighted by atomic mass is 16.6. The SMILES string of the molecule is C=CCCCCCC(O)C(OC(C)=O)C(C#CC#CCCC)OC(C)=O. The fourth-order valence-electron chi connectivity index (χ4n) is 2.21. The minimum absolute atomic E-state index is 0.413. The van der Waals surface area contributed by atoms with Crippen LogP contribution in [0.4, 0.5) is 0 Å². The van der Waals surface area contributed by atoms with Crippen LogP contribution >= 0.6 is 0 Å². The molecule has 0 saturated carbocycles. The molecule has 0 rings (SSSR count). The fraction of sp³-hybridized carbons (Fsp3) is 0.619. The normalized spacial score (nSPS) is 13.1. The zero-order valence-electron chi connectivity index (χ0n) is 16.0. The number of aliphatic hydroxyl groups is 1. The van der Waals surface area contributed by atoms with E-state index in [0.29, 0.717) is 12.8 Å². The van der Waals surface area contributed by atoms with E-state index in [1.54, 1.807) is 0 Å². The number of carbonyl (C=O) groups excluding carboxylic acids is 2. The third-order valence-electron chi connectivity index (χ3n) is 3.42. The number of carbonyl (C=O) groups is 2. The Morgan fingerprint density at radius 1 is 1.12 bits per heavy atom. The second-order valence-electron chi connectivity index (χ2n) is 5.92. The van der Waals surface area contributed by atoms with Gasteiger partial charge in [0.05, 0.1) is 6.10 Å². The summed E-state index contributed by atoms with van der Waals surface area (Å²) in [7, 11) is 0. The van der Waals surface area contributed by atoms with Crippen LogP contribution in [0, 0.1) is 23.7 Å². The van der Waals surface area contributed by atoms with Gasteiger partial charge in [0.2, 0.25) is 6.10 Å². The third kappa shape index (κ3) is 12.2. The predicted octanol–water partition coefficient (Wildman–Crippen LogP) is 3.15. The van der Waals surface area contributed by atoms with Gasteiger partial charge in [0.15, 0.2) is 6.10 Å². The average Bonchev–Trinajstić information content (AvgIpc) is 2.57. The number of allylic oxidation sites excluding steroid dienone is 1. The number of hydrogen-bond acceptors (Lipinski definition) is 5. The molecule has 0 aromatic heterocycles. The molecule has 0 bridgehead atoms. The number of hydrogen-bond donors (Lipinski definition) is 1. The molecule has 144 valence electrons. The van der Waals surface area contributed by atoms with Crippen molar-refractivity contribution in [3.05, 3.63) is 12.7 Å². The molecule has 5 heteroatoms. The van der Waals surface area contributed by atoms with Crippen LogP contribution in [0.15, 0.2) is 12.7 Å². The Hall–Kier alpha value is -2.24. The highest BCUT2D eigenvalue weighted by molar-refractivity contribution is 5.67. The zero-order chi connectivity index (χ0) is 19.8. The van der Waals surface area contributed by atoms with Crippen molar-refractivity contribution in [2.75, 3.05) is 0 Å². The molecular formula is C21H30O5. The second kappa shape index (κ2) is 15.0. The highest BCUT2D eigenvalue weighted by Gasteiger charge is 2.32. The zero-order valence-corrected chi connectivity index (χ0v) is 16.0. The Bertz CT molecular complexity index is 558. The molecule has 0 radical (unpaired) electrons. The van der Waals surface area contributed by atoms with Crippen molar-refractivity contribution < 1.29 is 24.2 Å². The van der Waals surface area contributed by atoms with Gasteiger partial charge < -0.3 is 14.6 Å². The van der Waals surface area contributed by atoms with Gasteiger partial charge in [0.1, 0.15) is 0 Å². The topological polar surface area (TPSA) is 72.8 Å². The summed E-state index contributed by atoms with van der Waals surface area (Å²) in [6, 6.07) is 0. The largest absolute Gasteiger partial charge is 0.455 e. The molecule has 0 aliphatic heterocycles. The van der Waals surface area contributed by atoms with E-state index in [2.05, 4.69) is 30.3 Å². The van der Waals surface area contributed by atoms with Crippen LogP contribution in [0.1, 0.15) is 65.7 Å². The first-order valence-electron chi connectivity index (χ1n) is 9.04. The maximum Gasteiger partial charge on any atom is 0.304 e. The van der Waals surface area contributed by atoms with E-state index in [0.717, 1.165) is 32.1 Å². The lowest BCUT2D eigenvalue weighted by Gasteiger charge is -2.26. The van der Waals surface area contributed by atoms with Crippen LogP contribution in [-0.4, -0.2) is 35.4 Å². The maximum atomic E-state index is 11.4. The first-order valence-corrected chi connectivity index (χ1v) is 9.04. The Balaban J connectivity index is 5.10. The van der Waals surface area contributed by atoms with Crippen molar-refractivity contribution >= 4 is 11.9 Å². The van der Waals surface area contributed by atoms with E-state index in [9.17, 15) is 14.7 Å². The van der Waals surface area contributed by atoms with E-state index in [1.165, 1.54) is 13.8 Å². The maximum absolute atomic E-state index is 11.4. The monoisotopic (exact) mass is 362 g/mol. The number of ether oxygens (including phenoxy) is 2. The van der Waals surface area contributed by atoms with Gasteiger partial charge in [0.25, 0.3) is 0 Å². The molecule has 1 N–H and O–H groups in total. The summed E-state index contributed by atoms with van der Waals surface area (Å²) in [6.07, 6.45) is 4.38. The van der Waals surface area contributed by atoms with E-state index >= 15 is 0 Å². The summed E-state index contributed by atoms with van der Waals surface area (Å²) in [5.74, 6) is 9.70. The molecule has 5 nitrogen and oxygen atoms in total. The molecule has 0 heterocycles. The molecule has 0 saturated heterocycles. The molecule has 0 aliphatic rings. The molecule has 0 spiro atoms. The molecule has 0 aliphatic carbocycles. The molecule has 3 unspecified atom stereocenters. The first kappa shape index (κ1) is 23.8. The molecule has 3 atom stereocenters. The lowest BCUT2D eigenvalue weighted by atomic mass is 10.0. The van der Waals surface area contributed by atoms with Gasteiger partial charge in [-0.25, -0.2) is 0 Å². The van der Waals surface area contributed by atoms with Crippen molar-refractivity contribution in [2.24, 2.45) is 0 Å². The van der Waals surface area contributed by atoms with Crippen molar-refractivity contribution in [3.63, 3.8) is 0 Å². The van der Waals surface area contributed by atoms with Crippen LogP contribution in [0.2, 0.25) is 0 Å². The van der Waals surface area contributed by atoms with Gasteiger partial charge in [0, 0.05) is 20.3 Å². The van der Waals surface area contributed by atoms with Crippen LogP contribution in [0.5, 0.6) is 0 Å². The summed E-state index contributed by atoms with van der Waals surface area (Å²) in [4.78, 5) is 22.8. The lowest BCUT2D eigenvalue weighted by Crippen LogP contribution is -2.42. The van der Waals surface area contributed by atoms with Gasteiger partial charge in [-0.15, -0.1) is 6.58 Å². The van der Waals surface area contributed by atoms with Crippen LogP contribution in [-0.2, 0) is 19.1 Å². The molecule has 0 amide bonds. The number of rotatable bonds is 11. The van der Waals surface area contributed by atoms with Gasteiger partial charge in [-0.2, -0.15) is 0 Å². The summed E-state index contributed by atoms with van der Waals surface area (Å²) >= 11 is 0. The summed E-state index contributed by atoms with van der Waals surface area (Å²) in [6.45, 7) is 8.16. The molecular weight excluding hydrogens is 332 g/mol. The Labute approximate surface area is 157 Å². The first-order chi connectivity index (χ1) is 12.4. The fourth-order valence-corrected chi connectivity index (χ4v) is 2.21. The second-order valence-corrected chi connectivity index (χ2v) is 5.92. The van der Waals surface area contributed by atoms with Crippen molar-refractivity contribution in [3.8, 4) is 23.7 Å². The quantitative estimate of drug-likeness (QED) is 0.265. The van der Waals surface area contributed by atoms with Crippen molar-refractivity contribution in [1.29, 1.82) is 0 Å². The number of unbranched alkanes of at least 4 members (excludes halogenated alkanes) is 4. The van der Waals surface area contributed by atoms with E-state index in [4.69, 9.17) is 9.47 Å². The minimum atomic E-state index is -1.06. The average molecular weight is 362 g/mol. The third-order valence-corrected chi connectivity index (χ3v) is 3.42. The Kier molecular flexibility index (Phi) is 13.8. The lowest BCUT2D eigenvalue weighted by molar-refractivity contribution is -0.169. The molecule has 0 aromatic rings.